The zero-order valence-electron chi connectivity index (χ0n) is 8.23. The Morgan fingerprint density at radius 3 is 2.93 bits per heavy atom. The van der Waals surface area contributed by atoms with E-state index in [9.17, 15) is 5.11 Å². The molecule has 0 amide bonds. The van der Waals surface area contributed by atoms with Gasteiger partial charge in [0.2, 0.25) is 0 Å². The van der Waals surface area contributed by atoms with Crippen molar-refractivity contribution in [2.24, 2.45) is 0 Å². The van der Waals surface area contributed by atoms with Crippen LogP contribution in [0.4, 0.5) is 0 Å². The summed E-state index contributed by atoms with van der Waals surface area (Å²) >= 11 is 0. The summed E-state index contributed by atoms with van der Waals surface area (Å²) in [4.78, 5) is 0. The number of ether oxygens (including phenoxy) is 1. The summed E-state index contributed by atoms with van der Waals surface area (Å²) in [6.07, 6.45) is -0.276. The fourth-order valence-corrected chi connectivity index (χ4v) is 1.88. The summed E-state index contributed by atoms with van der Waals surface area (Å²) in [7, 11) is 1.66. The van der Waals surface area contributed by atoms with Crippen LogP contribution in [0.1, 0.15) is 11.5 Å². The van der Waals surface area contributed by atoms with Gasteiger partial charge in [-0.1, -0.05) is 12.1 Å². The van der Waals surface area contributed by atoms with Crippen LogP contribution >= 0.6 is 0 Å². The van der Waals surface area contributed by atoms with Crippen LogP contribution in [0.3, 0.4) is 0 Å². The highest BCUT2D eigenvalue weighted by atomic mass is 16.5. The fourth-order valence-electron chi connectivity index (χ4n) is 1.88. The minimum atomic E-state index is -0.276. The van der Waals surface area contributed by atoms with E-state index >= 15 is 0 Å². The Morgan fingerprint density at radius 1 is 1.43 bits per heavy atom. The number of β-amino-alcohol motifs (C(OH)–C–C–N with tert-alkyl or cyclic N) is 1. The van der Waals surface area contributed by atoms with Gasteiger partial charge in [-0.3, -0.25) is 0 Å². The molecular weight excluding hydrogens is 178 g/mol. The van der Waals surface area contributed by atoms with Gasteiger partial charge in [-0.25, -0.2) is 0 Å². The first-order valence-corrected chi connectivity index (χ1v) is 4.84. The quantitative estimate of drug-likeness (QED) is 0.728. The molecule has 1 heterocycles. The molecule has 0 spiro atoms. The molecule has 1 saturated heterocycles. The molecule has 0 saturated carbocycles. The average Bonchev–Trinajstić information content (AvgIpc) is 2.65. The molecule has 3 nitrogen and oxygen atoms in total. The van der Waals surface area contributed by atoms with Crippen LogP contribution in [0.25, 0.3) is 0 Å². The lowest BCUT2D eigenvalue weighted by molar-refractivity contribution is 0.177. The highest BCUT2D eigenvalue weighted by Gasteiger charge is 2.26. The normalized spacial score (nSPS) is 26.4. The van der Waals surface area contributed by atoms with Gasteiger partial charge >= 0.3 is 0 Å². The fraction of sp³-hybridized carbons (Fsp3) is 0.455. The highest BCUT2D eigenvalue weighted by Crippen LogP contribution is 2.25. The number of nitrogens with one attached hydrogen (secondary N) is 1. The van der Waals surface area contributed by atoms with Crippen molar-refractivity contribution in [3.63, 3.8) is 0 Å². The zero-order chi connectivity index (χ0) is 9.97. The number of rotatable bonds is 2. The number of hydrogen-bond donors (Lipinski definition) is 2. The van der Waals surface area contributed by atoms with E-state index in [-0.39, 0.29) is 12.0 Å². The van der Waals surface area contributed by atoms with Gasteiger partial charge in [0.1, 0.15) is 5.75 Å². The average molecular weight is 193 g/mol. The van der Waals surface area contributed by atoms with E-state index in [4.69, 9.17) is 4.74 Å². The molecule has 1 fully saturated rings. The second-order valence-electron chi connectivity index (χ2n) is 3.61. The first-order valence-electron chi connectivity index (χ1n) is 4.84. The third-order valence-electron chi connectivity index (χ3n) is 2.70. The molecule has 3 heteroatoms. The predicted molar refractivity (Wildman–Crippen MR) is 54.6 cm³/mol. The van der Waals surface area contributed by atoms with E-state index in [1.54, 1.807) is 7.11 Å². The predicted octanol–water partition coefficient (Wildman–Crippen LogP) is 0.743. The van der Waals surface area contributed by atoms with E-state index in [0.29, 0.717) is 6.54 Å². The third kappa shape index (κ3) is 1.74. The summed E-state index contributed by atoms with van der Waals surface area (Å²) in [6, 6.07) is 7.89. The molecule has 1 aromatic rings. The molecule has 2 rings (SSSR count). The van der Waals surface area contributed by atoms with Gasteiger partial charge in [0.25, 0.3) is 0 Å². The van der Waals surface area contributed by atoms with Crippen LogP contribution in [0, 0.1) is 0 Å². The van der Waals surface area contributed by atoms with Gasteiger partial charge in [0.15, 0.2) is 0 Å². The summed E-state index contributed by atoms with van der Waals surface area (Å²) in [6.45, 7) is 1.52. The van der Waals surface area contributed by atoms with Crippen molar-refractivity contribution in [1.29, 1.82) is 0 Å². The number of methoxy groups -OCH3 is 1. The molecule has 2 N–H and O–H groups in total. The van der Waals surface area contributed by atoms with Crippen LogP contribution in [-0.4, -0.2) is 31.4 Å². The first-order chi connectivity index (χ1) is 6.81. The summed E-state index contributed by atoms with van der Waals surface area (Å²) in [5, 5.41) is 12.9. The van der Waals surface area contributed by atoms with Crippen molar-refractivity contribution in [2.45, 2.75) is 12.0 Å². The van der Waals surface area contributed by atoms with E-state index in [1.807, 2.05) is 24.3 Å². The van der Waals surface area contributed by atoms with Crippen LogP contribution in [-0.2, 0) is 0 Å². The van der Waals surface area contributed by atoms with Crippen LogP contribution in [0.15, 0.2) is 24.3 Å². The van der Waals surface area contributed by atoms with Crippen molar-refractivity contribution in [3.05, 3.63) is 29.8 Å². The molecule has 2 atom stereocenters. The van der Waals surface area contributed by atoms with E-state index in [2.05, 4.69) is 5.32 Å². The maximum Gasteiger partial charge on any atom is 0.119 e. The monoisotopic (exact) mass is 193 g/mol. The molecule has 76 valence electrons. The Hall–Kier alpha value is -1.06. The van der Waals surface area contributed by atoms with Crippen molar-refractivity contribution in [1.82, 2.24) is 5.32 Å². The second kappa shape index (κ2) is 3.98. The number of hydrogen-bond acceptors (Lipinski definition) is 3. The van der Waals surface area contributed by atoms with Gasteiger partial charge in [-0.05, 0) is 17.7 Å². The van der Waals surface area contributed by atoms with Crippen molar-refractivity contribution in [3.8, 4) is 5.75 Å². The third-order valence-corrected chi connectivity index (χ3v) is 2.70. The highest BCUT2D eigenvalue weighted by molar-refractivity contribution is 5.32. The van der Waals surface area contributed by atoms with Crippen LogP contribution in [0.2, 0.25) is 0 Å². The van der Waals surface area contributed by atoms with Gasteiger partial charge in [-0.2, -0.15) is 0 Å². The zero-order valence-corrected chi connectivity index (χ0v) is 8.23. The maximum absolute atomic E-state index is 9.70. The molecule has 0 aliphatic carbocycles. The molecule has 1 aromatic carbocycles. The minimum absolute atomic E-state index is 0.199. The van der Waals surface area contributed by atoms with Gasteiger partial charge < -0.3 is 15.2 Å². The Morgan fingerprint density at radius 2 is 2.29 bits per heavy atom. The minimum Gasteiger partial charge on any atom is -0.497 e. The van der Waals surface area contributed by atoms with Gasteiger partial charge in [-0.15, -0.1) is 0 Å². The first kappa shape index (κ1) is 9.49. The molecule has 2 unspecified atom stereocenters. The molecule has 0 aromatic heterocycles. The Kier molecular flexibility index (Phi) is 2.70. The Labute approximate surface area is 83.7 Å². The molecule has 0 radical (unpaired) electrons. The van der Waals surface area contributed by atoms with Crippen molar-refractivity contribution in [2.75, 3.05) is 20.2 Å². The number of aliphatic hydroxyl groups is 1. The molecule has 1 aliphatic rings. The van der Waals surface area contributed by atoms with E-state index in [1.165, 1.54) is 0 Å². The topological polar surface area (TPSA) is 41.5 Å². The van der Waals surface area contributed by atoms with Crippen molar-refractivity contribution < 1.29 is 9.84 Å². The summed E-state index contributed by atoms with van der Waals surface area (Å²) < 4.78 is 5.15. The second-order valence-corrected chi connectivity index (χ2v) is 3.61. The van der Waals surface area contributed by atoms with Crippen molar-refractivity contribution >= 4 is 0 Å². The Balaban J connectivity index is 2.22. The van der Waals surface area contributed by atoms with E-state index < -0.39 is 0 Å². The lowest BCUT2D eigenvalue weighted by atomic mass is 9.96. The summed E-state index contributed by atoms with van der Waals surface area (Å²) in [5.74, 6) is 1.05. The van der Waals surface area contributed by atoms with Gasteiger partial charge in [0, 0.05) is 19.0 Å². The summed E-state index contributed by atoms with van der Waals surface area (Å²) in [5.41, 5.74) is 1.14. The molecule has 0 bridgehead atoms. The molecule has 14 heavy (non-hydrogen) atoms. The lowest BCUT2D eigenvalue weighted by Gasteiger charge is -2.14. The van der Waals surface area contributed by atoms with Crippen LogP contribution < -0.4 is 10.1 Å². The van der Waals surface area contributed by atoms with E-state index in [0.717, 1.165) is 17.9 Å². The largest absolute Gasteiger partial charge is 0.497 e. The molecular formula is C11H15NO2. The Bertz CT molecular complexity index is 314. The molecule has 1 aliphatic heterocycles. The lowest BCUT2D eigenvalue weighted by Crippen LogP contribution is -2.16. The number of aliphatic hydroxyl groups excluding tert-OH is 1. The number of benzene rings is 1. The van der Waals surface area contributed by atoms with Crippen LogP contribution in [0.5, 0.6) is 5.75 Å². The smallest absolute Gasteiger partial charge is 0.119 e. The maximum atomic E-state index is 9.70. The van der Waals surface area contributed by atoms with Gasteiger partial charge in [0.05, 0.1) is 13.2 Å². The SMILES string of the molecule is COc1cccc(C2CNCC2O)c1. The standard InChI is InChI=1S/C11H15NO2/c1-14-9-4-2-3-8(5-9)10-6-12-7-11(10)13/h2-5,10-13H,6-7H2,1H3.